The third-order valence-corrected chi connectivity index (χ3v) is 3.65. The second-order valence-corrected chi connectivity index (χ2v) is 6.27. The summed E-state index contributed by atoms with van der Waals surface area (Å²) in [7, 11) is 4.20. The van der Waals surface area contributed by atoms with Gasteiger partial charge in [-0.1, -0.05) is 25.6 Å². The van der Waals surface area contributed by atoms with Crippen molar-refractivity contribution in [2.45, 2.75) is 39.3 Å². The first kappa shape index (κ1) is 13.8. The molecule has 0 amide bonds. The number of likely N-dealkylation sites (N-methyl/N-ethyl adjacent to an activating group) is 1. The molecule has 4 heteroatoms. The molecule has 1 aliphatic heterocycles. The number of aliphatic imine (C=N–C) groups is 1. The number of nitrogens with one attached hydrogen (secondary N) is 1. The van der Waals surface area contributed by atoms with Crippen molar-refractivity contribution in [2.24, 2.45) is 10.9 Å². The van der Waals surface area contributed by atoms with E-state index in [1.165, 1.54) is 12.2 Å². The summed E-state index contributed by atoms with van der Waals surface area (Å²) >= 11 is 1.86. The van der Waals surface area contributed by atoms with E-state index in [4.69, 9.17) is 4.99 Å². The van der Waals surface area contributed by atoms with Gasteiger partial charge in [0.1, 0.15) is 0 Å². The first-order chi connectivity index (χ1) is 7.49. The highest BCUT2D eigenvalue weighted by Gasteiger charge is 2.19. The molecule has 3 nitrogen and oxygen atoms in total. The van der Waals surface area contributed by atoms with E-state index in [0.717, 1.165) is 11.7 Å². The molecule has 2 atom stereocenters. The molecule has 1 N–H and O–H groups in total. The van der Waals surface area contributed by atoms with Crippen LogP contribution in [-0.4, -0.2) is 48.5 Å². The molecular weight excluding hydrogens is 218 g/mol. The predicted molar refractivity (Wildman–Crippen MR) is 74.3 cm³/mol. The van der Waals surface area contributed by atoms with Crippen molar-refractivity contribution in [2.75, 3.05) is 26.4 Å². The maximum Gasteiger partial charge on any atom is 0.157 e. The highest BCUT2D eigenvalue weighted by atomic mass is 32.2. The Morgan fingerprint density at radius 3 is 2.69 bits per heavy atom. The van der Waals surface area contributed by atoms with Crippen LogP contribution in [0.1, 0.15) is 27.2 Å². The smallest absolute Gasteiger partial charge is 0.157 e. The largest absolute Gasteiger partial charge is 0.361 e. The molecule has 0 spiro atoms. The van der Waals surface area contributed by atoms with Crippen molar-refractivity contribution < 1.29 is 0 Å². The Balaban J connectivity index is 2.46. The van der Waals surface area contributed by atoms with Crippen LogP contribution in [0.3, 0.4) is 0 Å². The van der Waals surface area contributed by atoms with Gasteiger partial charge >= 0.3 is 0 Å². The van der Waals surface area contributed by atoms with Gasteiger partial charge in [0, 0.05) is 18.3 Å². The minimum absolute atomic E-state index is 0.465. The predicted octanol–water partition coefficient (Wildman–Crippen LogP) is 2.04. The molecule has 2 unspecified atom stereocenters. The zero-order chi connectivity index (χ0) is 12.1. The molecular formula is C12H25N3S. The molecule has 0 aromatic rings. The molecule has 0 aromatic heterocycles. The van der Waals surface area contributed by atoms with Crippen LogP contribution in [0.15, 0.2) is 4.99 Å². The van der Waals surface area contributed by atoms with E-state index in [9.17, 15) is 0 Å². The van der Waals surface area contributed by atoms with E-state index in [1.54, 1.807) is 0 Å². The van der Waals surface area contributed by atoms with Gasteiger partial charge in [-0.05, 0) is 33.4 Å². The quantitative estimate of drug-likeness (QED) is 0.819. The molecule has 0 bridgehead atoms. The molecule has 0 radical (unpaired) electrons. The van der Waals surface area contributed by atoms with Crippen LogP contribution in [0.2, 0.25) is 0 Å². The SMILES string of the molecule is CC(CN(C)C)NC1=NC(C(C)C)CCS1. The van der Waals surface area contributed by atoms with E-state index in [2.05, 4.69) is 45.1 Å². The van der Waals surface area contributed by atoms with Crippen LogP contribution in [0, 0.1) is 5.92 Å². The number of amidine groups is 1. The lowest BCUT2D eigenvalue weighted by molar-refractivity contribution is 0.370. The Bertz CT molecular complexity index is 238. The third-order valence-electron chi connectivity index (χ3n) is 2.71. The maximum absolute atomic E-state index is 4.78. The molecule has 0 aliphatic carbocycles. The number of nitrogens with zero attached hydrogens (tertiary/aromatic N) is 2. The topological polar surface area (TPSA) is 27.6 Å². The van der Waals surface area contributed by atoms with Crippen molar-refractivity contribution in [1.29, 1.82) is 0 Å². The first-order valence-corrected chi connectivity index (χ1v) is 7.09. The second kappa shape index (κ2) is 6.50. The lowest BCUT2D eigenvalue weighted by atomic mass is 10.0. The van der Waals surface area contributed by atoms with Gasteiger partial charge < -0.3 is 10.2 Å². The van der Waals surface area contributed by atoms with Crippen molar-refractivity contribution in [3.05, 3.63) is 0 Å². The Morgan fingerprint density at radius 1 is 1.44 bits per heavy atom. The zero-order valence-electron chi connectivity index (χ0n) is 11.2. The fourth-order valence-corrected chi connectivity index (χ4v) is 2.94. The first-order valence-electron chi connectivity index (χ1n) is 6.11. The molecule has 16 heavy (non-hydrogen) atoms. The Kier molecular flexibility index (Phi) is 5.62. The number of rotatable bonds is 4. The summed E-state index contributed by atoms with van der Waals surface area (Å²) in [4.78, 5) is 6.98. The summed E-state index contributed by atoms with van der Waals surface area (Å²) in [6.07, 6.45) is 1.22. The summed E-state index contributed by atoms with van der Waals surface area (Å²) in [6.45, 7) is 7.77. The van der Waals surface area contributed by atoms with Gasteiger partial charge in [-0.2, -0.15) is 0 Å². The van der Waals surface area contributed by atoms with E-state index >= 15 is 0 Å². The second-order valence-electron chi connectivity index (χ2n) is 5.19. The van der Waals surface area contributed by atoms with Crippen LogP contribution in [-0.2, 0) is 0 Å². The van der Waals surface area contributed by atoms with Crippen molar-refractivity contribution in [3.63, 3.8) is 0 Å². The number of hydrogen-bond donors (Lipinski definition) is 1. The number of hydrogen-bond acceptors (Lipinski definition) is 4. The molecule has 0 saturated carbocycles. The lowest BCUT2D eigenvalue weighted by Crippen LogP contribution is -2.40. The summed E-state index contributed by atoms with van der Waals surface area (Å²) in [6, 6.07) is 0.975. The molecule has 0 saturated heterocycles. The van der Waals surface area contributed by atoms with Gasteiger partial charge in [0.05, 0.1) is 6.04 Å². The molecule has 94 valence electrons. The van der Waals surface area contributed by atoms with Crippen LogP contribution in [0.25, 0.3) is 0 Å². The third kappa shape index (κ3) is 4.74. The Morgan fingerprint density at radius 2 is 2.12 bits per heavy atom. The fraction of sp³-hybridized carbons (Fsp3) is 0.917. The zero-order valence-corrected chi connectivity index (χ0v) is 12.0. The van der Waals surface area contributed by atoms with Gasteiger partial charge in [-0.25, -0.2) is 0 Å². The van der Waals surface area contributed by atoms with Crippen molar-refractivity contribution in [1.82, 2.24) is 10.2 Å². The Hall–Kier alpha value is -0.220. The van der Waals surface area contributed by atoms with Crippen LogP contribution >= 0.6 is 11.8 Å². The van der Waals surface area contributed by atoms with E-state index in [0.29, 0.717) is 18.0 Å². The van der Waals surface area contributed by atoms with Gasteiger partial charge in [-0.15, -0.1) is 0 Å². The van der Waals surface area contributed by atoms with E-state index in [1.807, 2.05) is 11.8 Å². The average molecular weight is 243 g/mol. The Labute approximate surface area is 104 Å². The minimum atomic E-state index is 0.465. The lowest BCUT2D eigenvalue weighted by Gasteiger charge is -2.26. The standard InChI is InChI=1S/C12H25N3S/c1-9(2)11-6-7-16-12(14-11)13-10(3)8-15(4)5/h9-11H,6-8H2,1-5H3,(H,13,14). The van der Waals surface area contributed by atoms with Crippen molar-refractivity contribution >= 4 is 16.9 Å². The van der Waals surface area contributed by atoms with E-state index < -0.39 is 0 Å². The van der Waals surface area contributed by atoms with Gasteiger partial charge in [0.2, 0.25) is 0 Å². The fourth-order valence-electron chi connectivity index (χ4n) is 1.89. The normalized spacial score (nSPS) is 23.4. The summed E-state index contributed by atoms with van der Waals surface area (Å²) in [5, 5.41) is 4.64. The monoisotopic (exact) mass is 243 g/mol. The van der Waals surface area contributed by atoms with Crippen LogP contribution in [0.4, 0.5) is 0 Å². The molecule has 0 fully saturated rings. The van der Waals surface area contributed by atoms with E-state index in [-0.39, 0.29) is 0 Å². The molecule has 1 rings (SSSR count). The van der Waals surface area contributed by atoms with Gasteiger partial charge in [0.25, 0.3) is 0 Å². The maximum atomic E-state index is 4.78. The molecule has 0 aromatic carbocycles. The summed E-state index contributed by atoms with van der Waals surface area (Å²) in [5.74, 6) is 1.85. The highest BCUT2D eigenvalue weighted by molar-refractivity contribution is 8.13. The minimum Gasteiger partial charge on any atom is -0.361 e. The highest BCUT2D eigenvalue weighted by Crippen LogP contribution is 2.21. The van der Waals surface area contributed by atoms with Gasteiger partial charge in [-0.3, -0.25) is 4.99 Å². The summed E-state index contributed by atoms with van der Waals surface area (Å²) in [5.41, 5.74) is 0. The average Bonchev–Trinajstić information content (AvgIpc) is 2.16. The van der Waals surface area contributed by atoms with Gasteiger partial charge in [0.15, 0.2) is 5.17 Å². The van der Waals surface area contributed by atoms with Crippen molar-refractivity contribution in [3.8, 4) is 0 Å². The molecule has 1 aliphatic rings. The molecule has 1 heterocycles. The van der Waals surface area contributed by atoms with Crippen LogP contribution in [0.5, 0.6) is 0 Å². The summed E-state index contributed by atoms with van der Waals surface area (Å²) < 4.78 is 0. The number of thioether (sulfide) groups is 1. The van der Waals surface area contributed by atoms with Crippen LogP contribution < -0.4 is 5.32 Å².